The third-order valence-corrected chi connectivity index (χ3v) is 4.16. The van der Waals surface area contributed by atoms with Crippen LogP contribution in [-0.2, 0) is 13.1 Å². The first kappa shape index (κ1) is 16.0. The van der Waals surface area contributed by atoms with Crippen molar-refractivity contribution in [3.8, 4) is 0 Å². The lowest BCUT2D eigenvalue weighted by Gasteiger charge is -2.22. The number of hydrogen-bond acceptors (Lipinski definition) is 3. The van der Waals surface area contributed by atoms with E-state index in [1.54, 1.807) is 17.4 Å². The first-order valence-electron chi connectivity index (χ1n) is 7.29. The van der Waals surface area contributed by atoms with Crippen LogP contribution in [-0.4, -0.2) is 13.6 Å². The molecule has 1 heterocycles. The van der Waals surface area contributed by atoms with Crippen molar-refractivity contribution in [2.75, 3.05) is 18.5 Å². The van der Waals surface area contributed by atoms with Crippen molar-refractivity contribution in [3.05, 3.63) is 52.0 Å². The van der Waals surface area contributed by atoms with E-state index in [0.29, 0.717) is 12.5 Å². The van der Waals surface area contributed by atoms with Crippen LogP contribution in [0.25, 0.3) is 0 Å². The molecule has 1 aromatic carbocycles. The molecule has 2 rings (SSSR count). The molecule has 0 aliphatic heterocycles. The molecule has 0 fully saturated rings. The van der Waals surface area contributed by atoms with Gasteiger partial charge in [0.15, 0.2) is 0 Å². The summed E-state index contributed by atoms with van der Waals surface area (Å²) in [4.78, 5) is 3.49. The van der Waals surface area contributed by atoms with Crippen LogP contribution in [0.2, 0.25) is 0 Å². The van der Waals surface area contributed by atoms with E-state index < -0.39 is 0 Å². The third kappa shape index (κ3) is 4.83. The molecule has 0 spiro atoms. The van der Waals surface area contributed by atoms with Gasteiger partial charge in [0.05, 0.1) is 6.54 Å². The molecular formula is C17H23FN2S. The van der Waals surface area contributed by atoms with Gasteiger partial charge >= 0.3 is 0 Å². The molecule has 0 aliphatic rings. The molecule has 0 saturated carbocycles. The molecule has 0 atom stereocenters. The summed E-state index contributed by atoms with van der Waals surface area (Å²) >= 11 is 1.75. The van der Waals surface area contributed by atoms with Crippen molar-refractivity contribution in [2.45, 2.75) is 26.9 Å². The normalized spacial score (nSPS) is 11.1. The van der Waals surface area contributed by atoms with E-state index in [9.17, 15) is 4.39 Å². The topological polar surface area (TPSA) is 15.3 Å². The smallest absolute Gasteiger partial charge is 0.123 e. The number of anilines is 1. The first-order valence-corrected chi connectivity index (χ1v) is 8.17. The fraction of sp³-hybridized carbons (Fsp3) is 0.412. The second-order valence-corrected chi connectivity index (χ2v) is 6.77. The fourth-order valence-electron chi connectivity index (χ4n) is 2.29. The molecular weight excluding hydrogens is 283 g/mol. The summed E-state index contributed by atoms with van der Waals surface area (Å²) < 4.78 is 13.5. The summed E-state index contributed by atoms with van der Waals surface area (Å²) in [6.07, 6.45) is 0. The molecule has 0 unspecified atom stereocenters. The Labute approximate surface area is 130 Å². The van der Waals surface area contributed by atoms with Gasteiger partial charge in [0, 0.05) is 24.2 Å². The Morgan fingerprint density at radius 3 is 2.76 bits per heavy atom. The van der Waals surface area contributed by atoms with Gasteiger partial charge in [0.1, 0.15) is 5.82 Å². The Hall–Kier alpha value is -1.39. The van der Waals surface area contributed by atoms with Crippen molar-refractivity contribution >= 4 is 17.0 Å². The Kier molecular flexibility index (Phi) is 5.76. The minimum absolute atomic E-state index is 0.176. The second kappa shape index (κ2) is 7.57. The number of nitrogens with one attached hydrogen (secondary N) is 1. The number of hydrogen-bond donors (Lipinski definition) is 1. The summed E-state index contributed by atoms with van der Waals surface area (Å²) in [5.74, 6) is 0.412. The van der Waals surface area contributed by atoms with Crippen LogP contribution in [0.3, 0.4) is 0 Å². The van der Waals surface area contributed by atoms with Gasteiger partial charge in [-0.15, -0.1) is 11.3 Å². The highest BCUT2D eigenvalue weighted by molar-refractivity contribution is 7.09. The van der Waals surface area contributed by atoms with Crippen LogP contribution < -0.4 is 10.2 Å². The van der Waals surface area contributed by atoms with E-state index in [-0.39, 0.29) is 5.82 Å². The number of rotatable bonds is 7. The quantitative estimate of drug-likeness (QED) is 0.822. The maximum atomic E-state index is 13.5. The average molecular weight is 306 g/mol. The highest BCUT2D eigenvalue weighted by Gasteiger charge is 2.10. The van der Waals surface area contributed by atoms with Gasteiger partial charge in [-0.05, 0) is 47.7 Å². The average Bonchev–Trinajstić information content (AvgIpc) is 2.91. The van der Waals surface area contributed by atoms with Gasteiger partial charge < -0.3 is 10.2 Å². The zero-order valence-corrected chi connectivity index (χ0v) is 13.7. The number of halogens is 1. The molecule has 0 bridgehead atoms. The largest absolute Gasteiger partial charge is 0.369 e. The van der Waals surface area contributed by atoms with E-state index in [0.717, 1.165) is 24.3 Å². The Balaban J connectivity index is 2.09. The molecule has 0 radical (unpaired) electrons. The van der Waals surface area contributed by atoms with E-state index >= 15 is 0 Å². The molecule has 0 saturated heterocycles. The van der Waals surface area contributed by atoms with Crippen molar-refractivity contribution in [3.63, 3.8) is 0 Å². The standard InChI is InChI=1S/C17H23FN2S/c1-13(2)10-19-11-14-9-15(18)6-7-17(14)20(3)12-16-5-4-8-21-16/h4-9,13,19H,10-12H2,1-3H3. The monoisotopic (exact) mass is 306 g/mol. The molecule has 0 aliphatic carbocycles. The summed E-state index contributed by atoms with van der Waals surface area (Å²) in [7, 11) is 2.05. The molecule has 1 N–H and O–H groups in total. The van der Waals surface area contributed by atoms with E-state index in [2.05, 4.69) is 48.6 Å². The SMILES string of the molecule is CC(C)CNCc1cc(F)ccc1N(C)Cc1cccs1. The Morgan fingerprint density at radius 2 is 2.10 bits per heavy atom. The van der Waals surface area contributed by atoms with E-state index in [1.165, 1.54) is 10.9 Å². The van der Waals surface area contributed by atoms with Crippen molar-refractivity contribution in [1.82, 2.24) is 5.32 Å². The fourth-order valence-corrected chi connectivity index (χ4v) is 3.04. The highest BCUT2D eigenvalue weighted by Crippen LogP contribution is 2.23. The maximum absolute atomic E-state index is 13.5. The summed E-state index contributed by atoms with van der Waals surface area (Å²) in [6, 6.07) is 9.22. The van der Waals surface area contributed by atoms with Crippen LogP contribution in [0, 0.1) is 11.7 Å². The lowest BCUT2D eigenvalue weighted by atomic mass is 10.1. The minimum Gasteiger partial charge on any atom is -0.369 e. The van der Waals surface area contributed by atoms with Gasteiger partial charge in [-0.1, -0.05) is 19.9 Å². The molecule has 1 aromatic heterocycles. The van der Waals surface area contributed by atoms with E-state index in [1.807, 2.05) is 6.07 Å². The molecule has 4 heteroatoms. The first-order chi connectivity index (χ1) is 10.1. The summed E-state index contributed by atoms with van der Waals surface area (Å²) in [5.41, 5.74) is 2.09. The lowest BCUT2D eigenvalue weighted by Crippen LogP contribution is -2.22. The molecule has 0 amide bonds. The predicted octanol–water partition coefficient (Wildman–Crippen LogP) is 4.27. The summed E-state index contributed by atoms with van der Waals surface area (Å²) in [5, 5.41) is 5.47. The zero-order chi connectivity index (χ0) is 15.2. The Bertz CT molecular complexity index is 552. The van der Waals surface area contributed by atoms with Gasteiger partial charge in [-0.25, -0.2) is 4.39 Å². The van der Waals surface area contributed by atoms with Crippen molar-refractivity contribution in [1.29, 1.82) is 0 Å². The van der Waals surface area contributed by atoms with Crippen LogP contribution in [0.4, 0.5) is 10.1 Å². The minimum atomic E-state index is -0.176. The predicted molar refractivity (Wildman–Crippen MR) is 89.4 cm³/mol. The number of thiophene rings is 1. The van der Waals surface area contributed by atoms with Gasteiger partial charge in [0.2, 0.25) is 0 Å². The number of benzene rings is 1. The van der Waals surface area contributed by atoms with Crippen LogP contribution in [0.15, 0.2) is 35.7 Å². The van der Waals surface area contributed by atoms with Gasteiger partial charge in [-0.3, -0.25) is 0 Å². The zero-order valence-electron chi connectivity index (χ0n) is 12.9. The lowest BCUT2D eigenvalue weighted by molar-refractivity contribution is 0.550. The molecule has 114 valence electrons. The molecule has 2 nitrogen and oxygen atoms in total. The van der Waals surface area contributed by atoms with E-state index in [4.69, 9.17) is 0 Å². The third-order valence-electron chi connectivity index (χ3n) is 3.29. The Morgan fingerprint density at radius 1 is 1.29 bits per heavy atom. The maximum Gasteiger partial charge on any atom is 0.123 e. The highest BCUT2D eigenvalue weighted by atomic mass is 32.1. The van der Waals surface area contributed by atoms with Crippen LogP contribution >= 0.6 is 11.3 Å². The van der Waals surface area contributed by atoms with Gasteiger partial charge in [0.25, 0.3) is 0 Å². The van der Waals surface area contributed by atoms with Crippen LogP contribution in [0.1, 0.15) is 24.3 Å². The molecule has 2 aromatic rings. The second-order valence-electron chi connectivity index (χ2n) is 5.73. The van der Waals surface area contributed by atoms with Crippen LogP contribution in [0.5, 0.6) is 0 Å². The number of nitrogens with zero attached hydrogens (tertiary/aromatic N) is 1. The molecule has 21 heavy (non-hydrogen) atoms. The van der Waals surface area contributed by atoms with Crippen molar-refractivity contribution in [2.24, 2.45) is 5.92 Å². The summed E-state index contributed by atoms with van der Waals surface area (Å²) in [6.45, 7) is 6.82. The van der Waals surface area contributed by atoms with Crippen molar-refractivity contribution < 1.29 is 4.39 Å². The van der Waals surface area contributed by atoms with Gasteiger partial charge in [-0.2, -0.15) is 0 Å².